The summed E-state index contributed by atoms with van der Waals surface area (Å²) in [5, 5.41) is 8.99. The van der Waals surface area contributed by atoms with E-state index >= 15 is 0 Å². The number of halogens is 2. The Balaban J connectivity index is 2.84. The van der Waals surface area contributed by atoms with Crippen molar-refractivity contribution in [2.75, 3.05) is 6.61 Å². The molecule has 14 heavy (non-hydrogen) atoms. The second kappa shape index (κ2) is 5.01. The zero-order valence-corrected chi connectivity index (χ0v) is 8.72. The fourth-order valence-electron chi connectivity index (χ4n) is 0.834. The molecule has 0 aliphatic heterocycles. The normalized spacial score (nSPS) is 9.79. The third-order valence-corrected chi connectivity index (χ3v) is 2.17. The summed E-state index contributed by atoms with van der Waals surface area (Å²) < 4.78 is 6.50. The third-order valence-electron chi connectivity index (χ3n) is 1.42. The van der Waals surface area contributed by atoms with Crippen LogP contribution in [0.15, 0.2) is 12.7 Å². The molecule has 6 heteroatoms. The van der Waals surface area contributed by atoms with Crippen LogP contribution in [-0.2, 0) is 11.5 Å². The van der Waals surface area contributed by atoms with Crippen molar-refractivity contribution in [3.63, 3.8) is 0 Å². The number of hydrogen-bond acceptors (Lipinski definition) is 3. The van der Waals surface area contributed by atoms with E-state index in [1.165, 1.54) is 4.57 Å². The first-order valence-corrected chi connectivity index (χ1v) is 4.46. The predicted molar refractivity (Wildman–Crippen MR) is 53.1 cm³/mol. The van der Waals surface area contributed by atoms with Crippen LogP contribution in [0.4, 0.5) is 0 Å². The smallest absolute Gasteiger partial charge is 0.217 e. The van der Waals surface area contributed by atoms with Gasteiger partial charge in [-0.3, -0.25) is 4.57 Å². The third kappa shape index (κ3) is 2.26. The molecule has 0 N–H and O–H groups in total. The van der Waals surface area contributed by atoms with E-state index in [2.05, 4.69) is 11.6 Å². The van der Waals surface area contributed by atoms with E-state index in [1.807, 2.05) is 6.07 Å². The molecule has 0 unspecified atom stereocenters. The highest BCUT2D eigenvalue weighted by Crippen LogP contribution is 2.22. The van der Waals surface area contributed by atoms with Gasteiger partial charge < -0.3 is 4.74 Å². The summed E-state index contributed by atoms with van der Waals surface area (Å²) in [5.41, 5.74) is 0. The highest BCUT2D eigenvalue weighted by molar-refractivity contribution is 6.40. The largest absolute Gasteiger partial charge is 0.357 e. The summed E-state index contributed by atoms with van der Waals surface area (Å²) in [6, 6.07) is 1.86. The molecule has 0 saturated heterocycles. The van der Waals surface area contributed by atoms with Gasteiger partial charge in [-0.25, -0.2) is 4.98 Å². The van der Waals surface area contributed by atoms with Crippen molar-refractivity contribution < 1.29 is 4.74 Å². The molecule has 1 heterocycles. The summed E-state index contributed by atoms with van der Waals surface area (Å²) in [5.74, 6) is 0.129. The van der Waals surface area contributed by atoms with Crippen LogP contribution in [0.1, 0.15) is 5.82 Å². The Morgan fingerprint density at radius 1 is 1.64 bits per heavy atom. The fourth-order valence-corrected chi connectivity index (χ4v) is 1.19. The van der Waals surface area contributed by atoms with Crippen molar-refractivity contribution in [1.82, 2.24) is 9.55 Å². The summed E-state index contributed by atoms with van der Waals surface area (Å²) in [7, 11) is 0. The Labute approximate surface area is 91.3 Å². The van der Waals surface area contributed by atoms with E-state index in [0.29, 0.717) is 6.61 Å². The van der Waals surface area contributed by atoms with Crippen molar-refractivity contribution in [3.05, 3.63) is 28.8 Å². The molecule has 0 bridgehead atoms. The Bertz CT molecular complexity index is 381. The van der Waals surface area contributed by atoms with Gasteiger partial charge in [0.15, 0.2) is 10.3 Å². The van der Waals surface area contributed by atoms with Crippen LogP contribution in [0.25, 0.3) is 0 Å². The number of nitriles is 1. The standard InChI is InChI=1S/C8H7Cl2N3O/c1-2-3-14-5-13-6(4-11)12-7(9)8(13)10/h2H,1,3,5H2. The second-order valence-corrected chi connectivity index (χ2v) is 3.06. The first kappa shape index (κ1) is 11.1. The first-order valence-electron chi connectivity index (χ1n) is 3.71. The molecule has 1 rings (SSSR count). The fraction of sp³-hybridized carbons (Fsp3) is 0.250. The number of ether oxygens (including phenoxy) is 1. The van der Waals surface area contributed by atoms with E-state index in [1.54, 1.807) is 6.08 Å². The Morgan fingerprint density at radius 3 is 2.93 bits per heavy atom. The van der Waals surface area contributed by atoms with Crippen molar-refractivity contribution in [3.8, 4) is 6.07 Å². The summed E-state index contributed by atoms with van der Waals surface area (Å²) in [6.45, 7) is 3.99. The molecule has 0 amide bonds. The van der Waals surface area contributed by atoms with Crippen molar-refractivity contribution in [2.45, 2.75) is 6.73 Å². The van der Waals surface area contributed by atoms with Crippen molar-refractivity contribution in [1.29, 1.82) is 5.26 Å². The van der Waals surface area contributed by atoms with Crippen molar-refractivity contribution >= 4 is 23.2 Å². The molecular formula is C8H7Cl2N3O. The topological polar surface area (TPSA) is 50.8 Å². The molecule has 0 aliphatic rings. The number of nitrogens with zero attached hydrogens (tertiary/aromatic N) is 3. The van der Waals surface area contributed by atoms with Gasteiger partial charge in [-0.05, 0) is 0 Å². The van der Waals surface area contributed by atoms with E-state index < -0.39 is 0 Å². The van der Waals surface area contributed by atoms with Gasteiger partial charge in [-0.1, -0.05) is 29.3 Å². The average molecular weight is 232 g/mol. The zero-order chi connectivity index (χ0) is 10.6. The Kier molecular flexibility index (Phi) is 3.96. The van der Waals surface area contributed by atoms with E-state index in [-0.39, 0.29) is 22.9 Å². The van der Waals surface area contributed by atoms with Gasteiger partial charge in [0, 0.05) is 0 Å². The lowest BCUT2D eigenvalue weighted by Gasteiger charge is -2.04. The van der Waals surface area contributed by atoms with Gasteiger partial charge in [0.1, 0.15) is 12.8 Å². The highest BCUT2D eigenvalue weighted by Gasteiger charge is 2.12. The molecular weight excluding hydrogens is 225 g/mol. The van der Waals surface area contributed by atoms with Gasteiger partial charge in [0.25, 0.3) is 0 Å². The average Bonchev–Trinajstić information content (AvgIpc) is 2.45. The molecule has 0 fully saturated rings. The van der Waals surface area contributed by atoms with Gasteiger partial charge in [-0.15, -0.1) is 6.58 Å². The molecule has 0 spiro atoms. The molecule has 0 aliphatic carbocycles. The SMILES string of the molecule is C=CCOCn1c(C#N)nc(Cl)c1Cl. The molecule has 4 nitrogen and oxygen atoms in total. The quantitative estimate of drug-likeness (QED) is 0.590. The molecule has 0 radical (unpaired) electrons. The lowest BCUT2D eigenvalue weighted by atomic mass is 10.7. The van der Waals surface area contributed by atoms with Gasteiger partial charge in [0.2, 0.25) is 5.82 Å². The highest BCUT2D eigenvalue weighted by atomic mass is 35.5. The van der Waals surface area contributed by atoms with Crippen LogP contribution >= 0.6 is 23.2 Å². The minimum atomic E-state index is 0.102. The maximum atomic E-state index is 8.69. The summed E-state index contributed by atoms with van der Waals surface area (Å²) in [6.07, 6.45) is 1.60. The minimum Gasteiger partial charge on any atom is -0.357 e. The van der Waals surface area contributed by atoms with Gasteiger partial charge in [0.05, 0.1) is 6.61 Å². The monoisotopic (exact) mass is 231 g/mol. The molecule has 1 aromatic rings. The molecule has 0 aromatic carbocycles. The van der Waals surface area contributed by atoms with Crippen LogP contribution in [0.3, 0.4) is 0 Å². The number of rotatable bonds is 4. The van der Waals surface area contributed by atoms with Gasteiger partial charge in [-0.2, -0.15) is 5.26 Å². The maximum Gasteiger partial charge on any atom is 0.217 e. The van der Waals surface area contributed by atoms with Crippen molar-refractivity contribution in [2.24, 2.45) is 0 Å². The summed E-state index contributed by atoms with van der Waals surface area (Å²) >= 11 is 11.4. The van der Waals surface area contributed by atoms with Gasteiger partial charge >= 0.3 is 0 Å². The molecule has 0 atom stereocenters. The number of imidazole rings is 1. The van der Waals surface area contributed by atoms with Crippen LogP contribution in [0, 0.1) is 11.3 Å². The first-order chi connectivity index (χ1) is 6.70. The van der Waals surface area contributed by atoms with E-state index in [9.17, 15) is 0 Å². The number of hydrogen-bond donors (Lipinski definition) is 0. The summed E-state index contributed by atoms with van der Waals surface area (Å²) in [4.78, 5) is 3.74. The second-order valence-electron chi connectivity index (χ2n) is 2.35. The lowest BCUT2D eigenvalue weighted by molar-refractivity contribution is 0.0998. The van der Waals surface area contributed by atoms with Crippen LogP contribution < -0.4 is 0 Å². The number of aromatic nitrogens is 2. The maximum absolute atomic E-state index is 8.69. The Morgan fingerprint density at radius 2 is 2.36 bits per heavy atom. The molecule has 74 valence electrons. The van der Waals surface area contributed by atoms with Crippen LogP contribution in [0.5, 0.6) is 0 Å². The molecule has 0 saturated carbocycles. The Hall–Kier alpha value is -1.02. The zero-order valence-electron chi connectivity index (χ0n) is 7.20. The molecule has 1 aromatic heterocycles. The van der Waals surface area contributed by atoms with E-state index in [0.717, 1.165) is 0 Å². The lowest BCUT2D eigenvalue weighted by Crippen LogP contribution is -2.05. The van der Waals surface area contributed by atoms with E-state index in [4.69, 9.17) is 33.2 Å². The predicted octanol–water partition coefficient (Wildman–Crippen LogP) is 2.22. The minimum absolute atomic E-state index is 0.102. The van der Waals surface area contributed by atoms with Crippen LogP contribution in [0.2, 0.25) is 10.3 Å². The van der Waals surface area contributed by atoms with Crippen LogP contribution in [-0.4, -0.2) is 16.2 Å².